The summed E-state index contributed by atoms with van der Waals surface area (Å²) in [5.41, 5.74) is 2.31. The summed E-state index contributed by atoms with van der Waals surface area (Å²) in [6, 6.07) is 19.7. The zero-order valence-corrected chi connectivity index (χ0v) is 21.5. The van der Waals surface area contributed by atoms with Crippen LogP contribution >= 0.6 is 35.7 Å². The van der Waals surface area contributed by atoms with E-state index in [4.69, 9.17) is 21.7 Å². The fourth-order valence-corrected chi connectivity index (χ4v) is 5.68. The monoisotopic (exact) mass is 502 g/mol. The van der Waals surface area contributed by atoms with Crippen LogP contribution in [0.5, 0.6) is 0 Å². The normalized spacial score (nSPS) is 12.4. The molecule has 2 rings (SSSR count). The molecule has 2 atom stereocenters. The van der Waals surface area contributed by atoms with Crippen LogP contribution in [-0.4, -0.2) is 34.4 Å². The molecule has 0 spiro atoms. The third-order valence-corrected chi connectivity index (χ3v) is 7.75. The van der Waals surface area contributed by atoms with Gasteiger partial charge in [0, 0.05) is 10.8 Å². The Kier molecular flexibility index (Phi) is 12.3. The van der Waals surface area contributed by atoms with E-state index in [1.807, 2.05) is 48.5 Å². The summed E-state index contributed by atoms with van der Waals surface area (Å²) in [6.07, 6.45) is 1.59. The van der Waals surface area contributed by atoms with Gasteiger partial charge < -0.3 is 9.47 Å². The number of thiocarbonyl (C=S) groups is 1. The Morgan fingerprint density at radius 1 is 0.970 bits per heavy atom. The highest BCUT2D eigenvalue weighted by molar-refractivity contribution is 8.47. The summed E-state index contributed by atoms with van der Waals surface area (Å²) >= 11 is 8.91. The molecule has 0 aliphatic heterocycles. The van der Waals surface area contributed by atoms with Gasteiger partial charge in [0.15, 0.2) is 0 Å². The maximum atomic E-state index is 13.1. The van der Waals surface area contributed by atoms with E-state index in [1.165, 1.54) is 0 Å². The topological polar surface area (TPSA) is 52.6 Å². The lowest BCUT2D eigenvalue weighted by Crippen LogP contribution is -2.21. The molecule has 0 aromatic heterocycles. The molecule has 0 saturated carbocycles. The van der Waals surface area contributed by atoms with E-state index in [2.05, 4.69) is 25.6 Å². The molecule has 0 radical (unpaired) electrons. The number of carbonyl (C=O) groups is 2. The fourth-order valence-electron chi connectivity index (χ4n) is 3.02. The Labute approximate surface area is 210 Å². The molecule has 7 heteroatoms. The third kappa shape index (κ3) is 9.74. The van der Waals surface area contributed by atoms with Crippen molar-refractivity contribution in [1.82, 2.24) is 0 Å². The molecule has 2 aromatic rings. The van der Waals surface area contributed by atoms with Gasteiger partial charge in [-0.25, -0.2) is 4.79 Å². The Hall–Kier alpha value is -2.09. The molecule has 33 heavy (non-hydrogen) atoms. The second kappa shape index (κ2) is 14.9. The highest BCUT2D eigenvalue weighted by Crippen LogP contribution is 2.41. The SMILES string of the molecule is C=C(C)C(=O)OCCOC(=O)C(CC(SC(=S)SCCC)c1ccccc1)c1ccccc1. The maximum Gasteiger partial charge on any atom is 0.333 e. The van der Waals surface area contributed by atoms with Gasteiger partial charge in [-0.15, -0.1) is 11.8 Å². The Bertz CT molecular complexity index is 916. The van der Waals surface area contributed by atoms with Gasteiger partial charge in [0.05, 0.1) is 5.92 Å². The first kappa shape index (κ1) is 27.2. The number of ether oxygens (including phenoxy) is 2. The van der Waals surface area contributed by atoms with Crippen molar-refractivity contribution >= 4 is 51.2 Å². The smallest absolute Gasteiger partial charge is 0.333 e. The lowest BCUT2D eigenvalue weighted by molar-refractivity contribution is -0.151. The van der Waals surface area contributed by atoms with Gasteiger partial charge in [0.25, 0.3) is 0 Å². The van der Waals surface area contributed by atoms with Gasteiger partial charge in [-0.2, -0.15) is 0 Å². The number of rotatable bonds is 12. The van der Waals surface area contributed by atoms with Crippen molar-refractivity contribution in [2.45, 2.75) is 37.9 Å². The summed E-state index contributed by atoms with van der Waals surface area (Å²) in [7, 11) is 0. The van der Waals surface area contributed by atoms with E-state index >= 15 is 0 Å². The highest BCUT2D eigenvalue weighted by atomic mass is 32.2. The van der Waals surface area contributed by atoms with Gasteiger partial charge in [-0.3, -0.25) is 4.79 Å². The molecule has 0 bridgehead atoms. The average Bonchev–Trinajstić information content (AvgIpc) is 2.83. The van der Waals surface area contributed by atoms with Gasteiger partial charge >= 0.3 is 11.9 Å². The summed E-state index contributed by atoms with van der Waals surface area (Å²) in [5, 5.41) is 0.00190. The molecule has 0 aliphatic carbocycles. The van der Waals surface area contributed by atoms with Crippen LogP contribution in [0.1, 0.15) is 49.0 Å². The van der Waals surface area contributed by atoms with Crippen LogP contribution < -0.4 is 0 Å². The standard InChI is InChI=1S/C26H30O4S3/c1-4-17-32-26(31)33-23(21-13-9-6-10-14-21)18-22(20-11-7-5-8-12-20)25(28)30-16-15-29-24(27)19(2)3/h5-14,22-23H,2,4,15-18H2,1,3H3. The first-order valence-electron chi connectivity index (χ1n) is 10.8. The molecule has 0 fully saturated rings. The molecule has 2 aromatic carbocycles. The van der Waals surface area contributed by atoms with Crippen molar-refractivity contribution in [3.8, 4) is 0 Å². The first-order chi connectivity index (χ1) is 15.9. The minimum Gasteiger partial charge on any atom is -0.462 e. The number of benzene rings is 2. The van der Waals surface area contributed by atoms with Crippen molar-refractivity contribution in [2.24, 2.45) is 0 Å². The van der Waals surface area contributed by atoms with Crippen LogP contribution in [0.4, 0.5) is 0 Å². The second-order valence-corrected chi connectivity index (χ2v) is 10.9. The largest absolute Gasteiger partial charge is 0.462 e. The minimum atomic E-state index is -0.496. The van der Waals surface area contributed by atoms with Crippen LogP contribution in [0.15, 0.2) is 72.8 Å². The number of hydrogen-bond acceptors (Lipinski definition) is 7. The van der Waals surface area contributed by atoms with Crippen molar-refractivity contribution in [3.05, 3.63) is 83.9 Å². The third-order valence-electron chi connectivity index (χ3n) is 4.68. The highest BCUT2D eigenvalue weighted by Gasteiger charge is 2.28. The molecule has 0 heterocycles. The molecular weight excluding hydrogens is 472 g/mol. The lowest BCUT2D eigenvalue weighted by Gasteiger charge is -2.23. The molecule has 176 valence electrons. The zero-order chi connectivity index (χ0) is 24.1. The first-order valence-corrected chi connectivity index (χ1v) is 13.1. The number of carbonyl (C=O) groups excluding carboxylic acids is 2. The van der Waals surface area contributed by atoms with Crippen molar-refractivity contribution in [3.63, 3.8) is 0 Å². The molecular formula is C26H30O4S3. The molecule has 0 amide bonds. The predicted molar refractivity (Wildman–Crippen MR) is 143 cm³/mol. The van der Waals surface area contributed by atoms with Gasteiger partial charge in [0.1, 0.15) is 16.7 Å². The van der Waals surface area contributed by atoms with Crippen LogP contribution in [0.25, 0.3) is 0 Å². The van der Waals surface area contributed by atoms with E-state index in [0.717, 1.165) is 26.8 Å². The second-order valence-electron chi connectivity index (χ2n) is 7.40. The van der Waals surface area contributed by atoms with Gasteiger partial charge in [-0.05, 0) is 36.6 Å². The lowest BCUT2D eigenvalue weighted by atomic mass is 9.92. The average molecular weight is 503 g/mol. The minimum absolute atomic E-state index is 0.00190. The van der Waals surface area contributed by atoms with Crippen molar-refractivity contribution in [2.75, 3.05) is 19.0 Å². The van der Waals surface area contributed by atoms with Crippen LogP contribution in [0.3, 0.4) is 0 Å². The Morgan fingerprint density at radius 2 is 1.55 bits per heavy atom. The summed E-state index contributed by atoms with van der Waals surface area (Å²) in [5.74, 6) is -0.342. The molecule has 4 nitrogen and oxygen atoms in total. The Morgan fingerprint density at radius 3 is 2.12 bits per heavy atom. The predicted octanol–water partition coefficient (Wildman–Crippen LogP) is 6.73. The van der Waals surface area contributed by atoms with Gasteiger partial charge in [0.2, 0.25) is 0 Å². The fraction of sp³-hybridized carbons (Fsp3) is 0.346. The number of thioether (sulfide) groups is 2. The molecule has 2 unspecified atom stereocenters. The van der Waals surface area contributed by atoms with E-state index < -0.39 is 11.9 Å². The quantitative estimate of drug-likeness (QED) is 0.138. The maximum absolute atomic E-state index is 13.1. The van der Waals surface area contributed by atoms with Crippen molar-refractivity contribution < 1.29 is 19.1 Å². The van der Waals surface area contributed by atoms with Crippen molar-refractivity contribution in [1.29, 1.82) is 0 Å². The van der Waals surface area contributed by atoms with E-state index in [1.54, 1.807) is 30.4 Å². The van der Waals surface area contributed by atoms with Crippen LogP contribution in [0.2, 0.25) is 0 Å². The van der Waals surface area contributed by atoms with E-state index in [-0.39, 0.29) is 24.4 Å². The summed E-state index contributed by atoms with van der Waals surface area (Å²) in [6.45, 7) is 7.24. The Balaban J connectivity index is 2.16. The molecule has 0 saturated heterocycles. The zero-order valence-electron chi connectivity index (χ0n) is 19.0. The van der Waals surface area contributed by atoms with Crippen LogP contribution in [0, 0.1) is 0 Å². The summed E-state index contributed by atoms with van der Waals surface area (Å²) in [4.78, 5) is 24.7. The number of hydrogen-bond donors (Lipinski definition) is 0. The van der Waals surface area contributed by atoms with E-state index in [0.29, 0.717) is 12.0 Å². The molecule has 0 aliphatic rings. The number of esters is 2. The summed E-state index contributed by atoms with van der Waals surface area (Å²) < 4.78 is 11.4. The molecule has 0 N–H and O–H groups in total. The van der Waals surface area contributed by atoms with E-state index in [9.17, 15) is 9.59 Å². The van der Waals surface area contributed by atoms with Gasteiger partial charge in [-0.1, -0.05) is 98.1 Å². The van der Waals surface area contributed by atoms with Crippen LogP contribution in [-0.2, 0) is 19.1 Å².